The molecule has 34 heavy (non-hydrogen) atoms. The van der Waals surface area contributed by atoms with E-state index in [9.17, 15) is 19.8 Å². The summed E-state index contributed by atoms with van der Waals surface area (Å²) in [5.74, 6) is -1.14. The predicted octanol–water partition coefficient (Wildman–Crippen LogP) is 5.08. The summed E-state index contributed by atoms with van der Waals surface area (Å²) < 4.78 is 0. The van der Waals surface area contributed by atoms with Gasteiger partial charge >= 0.3 is 0 Å². The summed E-state index contributed by atoms with van der Waals surface area (Å²) in [5.41, 5.74) is 1.63. The van der Waals surface area contributed by atoms with Gasteiger partial charge in [0.15, 0.2) is 0 Å². The Bertz CT molecular complexity index is 1550. The second kappa shape index (κ2) is 8.23. The number of rotatable bonds is 4. The number of hydrogen-bond acceptors (Lipinski definition) is 4. The minimum atomic E-state index is -0.997. The number of pyridine rings is 2. The Hall–Kier alpha value is -4.32. The first-order valence-electron chi connectivity index (χ1n) is 11.1. The highest BCUT2D eigenvalue weighted by Gasteiger charge is 2.30. The van der Waals surface area contributed by atoms with Crippen molar-refractivity contribution in [3.05, 3.63) is 116 Å². The fourth-order valence-corrected chi connectivity index (χ4v) is 4.57. The zero-order valence-electron chi connectivity index (χ0n) is 18.8. The van der Waals surface area contributed by atoms with Crippen LogP contribution in [0.4, 0.5) is 0 Å². The number of aromatic hydroxyl groups is 2. The summed E-state index contributed by atoms with van der Waals surface area (Å²) in [7, 11) is 0. The molecule has 0 amide bonds. The molecule has 0 aliphatic carbocycles. The predicted molar refractivity (Wildman–Crippen MR) is 134 cm³/mol. The first-order valence-corrected chi connectivity index (χ1v) is 11.1. The number of benzene rings is 3. The van der Waals surface area contributed by atoms with Crippen molar-refractivity contribution in [3.8, 4) is 11.5 Å². The van der Waals surface area contributed by atoms with Gasteiger partial charge in [-0.25, -0.2) is 0 Å². The molecule has 6 nitrogen and oxygen atoms in total. The molecule has 3 aromatic carbocycles. The standard InChI is InChI=1S/C28H24N2O4/c1-15(2)16-11-13-17(14-12-16)22(23-25(31)18-7-3-5-9-20(18)29-27(23)33)24-26(32)19-8-4-6-10-21(19)30-28(24)34/h3-15,22H,1-2H3,(H2,29,31,33)(H2,30,32,34). The van der Waals surface area contributed by atoms with Gasteiger partial charge < -0.3 is 20.2 Å². The Morgan fingerprint density at radius 2 is 1.03 bits per heavy atom. The van der Waals surface area contributed by atoms with Gasteiger partial charge in [-0.2, -0.15) is 0 Å². The van der Waals surface area contributed by atoms with Crippen LogP contribution in [0.5, 0.6) is 11.5 Å². The van der Waals surface area contributed by atoms with Crippen molar-refractivity contribution < 1.29 is 10.2 Å². The van der Waals surface area contributed by atoms with Crippen molar-refractivity contribution in [1.29, 1.82) is 0 Å². The van der Waals surface area contributed by atoms with Crippen LogP contribution in [0.15, 0.2) is 82.4 Å². The SMILES string of the molecule is CC(C)c1ccc(C(c2c(O)c3ccccc3[nH]c2=O)c2c(O)c3ccccc3[nH]c2=O)cc1. The molecule has 2 aromatic heterocycles. The van der Waals surface area contributed by atoms with Gasteiger partial charge in [0.1, 0.15) is 11.5 Å². The van der Waals surface area contributed by atoms with E-state index in [2.05, 4.69) is 23.8 Å². The smallest absolute Gasteiger partial charge is 0.256 e. The molecule has 4 N–H and O–H groups in total. The Morgan fingerprint density at radius 3 is 1.47 bits per heavy atom. The molecule has 2 heterocycles. The maximum Gasteiger partial charge on any atom is 0.256 e. The van der Waals surface area contributed by atoms with E-state index in [1.807, 2.05) is 24.3 Å². The second-order valence-electron chi connectivity index (χ2n) is 8.78. The van der Waals surface area contributed by atoms with Gasteiger partial charge in [-0.15, -0.1) is 0 Å². The first-order chi connectivity index (χ1) is 16.4. The largest absolute Gasteiger partial charge is 0.507 e. The third-order valence-electron chi connectivity index (χ3n) is 6.37. The van der Waals surface area contributed by atoms with Crippen LogP contribution in [0, 0.1) is 0 Å². The summed E-state index contributed by atoms with van der Waals surface area (Å²) in [6.45, 7) is 4.15. The summed E-state index contributed by atoms with van der Waals surface area (Å²) in [6.07, 6.45) is 0. The fourth-order valence-electron chi connectivity index (χ4n) is 4.57. The van der Waals surface area contributed by atoms with Crippen molar-refractivity contribution in [2.24, 2.45) is 0 Å². The lowest BCUT2D eigenvalue weighted by Crippen LogP contribution is -2.24. The maximum atomic E-state index is 13.3. The Kier molecular flexibility index (Phi) is 5.21. The molecule has 0 unspecified atom stereocenters. The minimum Gasteiger partial charge on any atom is -0.507 e. The lowest BCUT2D eigenvalue weighted by molar-refractivity contribution is 0.462. The lowest BCUT2D eigenvalue weighted by Gasteiger charge is -2.21. The van der Waals surface area contributed by atoms with E-state index in [1.54, 1.807) is 48.5 Å². The molecule has 0 saturated heterocycles. The van der Waals surface area contributed by atoms with Crippen LogP contribution in [0.3, 0.4) is 0 Å². The molecule has 0 radical (unpaired) electrons. The third-order valence-corrected chi connectivity index (χ3v) is 6.37. The minimum absolute atomic E-state index is 0.00655. The van der Waals surface area contributed by atoms with Gasteiger partial charge in [-0.3, -0.25) is 9.59 Å². The fraction of sp³-hybridized carbons (Fsp3) is 0.143. The molecule has 170 valence electrons. The van der Waals surface area contributed by atoms with Crippen LogP contribution in [-0.4, -0.2) is 20.2 Å². The molecule has 0 fully saturated rings. The van der Waals surface area contributed by atoms with Crippen LogP contribution in [0.1, 0.15) is 47.9 Å². The van der Waals surface area contributed by atoms with Crippen LogP contribution in [-0.2, 0) is 0 Å². The summed E-state index contributed by atoms with van der Waals surface area (Å²) in [4.78, 5) is 32.2. The summed E-state index contributed by atoms with van der Waals surface area (Å²) >= 11 is 0. The van der Waals surface area contributed by atoms with E-state index in [1.165, 1.54) is 0 Å². The first kappa shape index (κ1) is 21.5. The topological polar surface area (TPSA) is 106 Å². The number of para-hydroxylation sites is 2. The highest BCUT2D eigenvalue weighted by molar-refractivity contribution is 5.88. The van der Waals surface area contributed by atoms with Gasteiger partial charge in [0.2, 0.25) is 0 Å². The quantitative estimate of drug-likeness (QED) is 0.305. The molecule has 0 bridgehead atoms. The maximum absolute atomic E-state index is 13.3. The monoisotopic (exact) mass is 452 g/mol. The van der Waals surface area contributed by atoms with Crippen molar-refractivity contribution >= 4 is 21.8 Å². The summed E-state index contributed by atoms with van der Waals surface area (Å²) in [5, 5.41) is 23.4. The van der Waals surface area contributed by atoms with Gasteiger partial charge in [-0.1, -0.05) is 62.4 Å². The Morgan fingerprint density at radius 1 is 0.618 bits per heavy atom. The molecule has 0 saturated carbocycles. The normalized spacial score (nSPS) is 11.6. The van der Waals surface area contributed by atoms with Gasteiger partial charge in [-0.05, 0) is 41.3 Å². The van der Waals surface area contributed by atoms with Crippen molar-refractivity contribution in [2.75, 3.05) is 0 Å². The van der Waals surface area contributed by atoms with E-state index >= 15 is 0 Å². The van der Waals surface area contributed by atoms with Gasteiger partial charge in [0.25, 0.3) is 11.1 Å². The van der Waals surface area contributed by atoms with Crippen LogP contribution >= 0.6 is 0 Å². The van der Waals surface area contributed by atoms with Crippen molar-refractivity contribution in [3.63, 3.8) is 0 Å². The third kappa shape index (κ3) is 3.44. The van der Waals surface area contributed by atoms with E-state index < -0.39 is 17.0 Å². The highest BCUT2D eigenvalue weighted by atomic mass is 16.3. The Labute approximate surface area is 195 Å². The van der Waals surface area contributed by atoms with Crippen molar-refractivity contribution in [2.45, 2.75) is 25.7 Å². The molecule has 0 aliphatic heterocycles. The molecule has 0 spiro atoms. The van der Waals surface area contributed by atoms with Gasteiger partial charge in [0, 0.05) is 10.8 Å². The number of H-pyrrole nitrogens is 2. The average molecular weight is 453 g/mol. The molecule has 0 aliphatic rings. The van der Waals surface area contributed by atoms with Crippen LogP contribution < -0.4 is 11.1 Å². The molecule has 6 heteroatoms. The lowest BCUT2D eigenvalue weighted by atomic mass is 9.83. The molecular formula is C28H24N2O4. The molecular weight excluding hydrogens is 428 g/mol. The number of aromatic amines is 2. The zero-order valence-corrected chi connectivity index (χ0v) is 18.8. The Balaban J connectivity index is 1.87. The highest BCUT2D eigenvalue weighted by Crippen LogP contribution is 2.41. The second-order valence-corrected chi connectivity index (χ2v) is 8.78. The summed E-state index contributed by atoms with van der Waals surface area (Å²) in [6, 6.07) is 21.4. The van der Waals surface area contributed by atoms with Gasteiger partial charge in [0.05, 0.1) is 28.1 Å². The molecule has 5 rings (SSSR count). The van der Waals surface area contributed by atoms with E-state index in [0.29, 0.717) is 33.3 Å². The number of nitrogens with one attached hydrogen (secondary N) is 2. The van der Waals surface area contributed by atoms with Crippen LogP contribution in [0.25, 0.3) is 21.8 Å². The molecule has 0 atom stereocenters. The van der Waals surface area contributed by atoms with E-state index in [-0.39, 0.29) is 22.6 Å². The van der Waals surface area contributed by atoms with E-state index in [4.69, 9.17) is 0 Å². The molecule has 5 aromatic rings. The average Bonchev–Trinajstić information content (AvgIpc) is 2.83. The number of aromatic nitrogens is 2. The number of fused-ring (bicyclic) bond motifs is 2. The van der Waals surface area contributed by atoms with Crippen LogP contribution in [0.2, 0.25) is 0 Å². The van der Waals surface area contributed by atoms with E-state index in [0.717, 1.165) is 5.56 Å². The zero-order chi connectivity index (χ0) is 24.0. The van der Waals surface area contributed by atoms with Crippen molar-refractivity contribution in [1.82, 2.24) is 9.97 Å². The number of hydrogen-bond donors (Lipinski definition) is 4.